The predicted octanol–water partition coefficient (Wildman–Crippen LogP) is 1.12. The molecule has 0 fully saturated rings. The van der Waals surface area contributed by atoms with Crippen molar-refractivity contribution in [2.45, 2.75) is 6.42 Å². The topological polar surface area (TPSA) is 53.3 Å². The van der Waals surface area contributed by atoms with Crippen molar-refractivity contribution < 1.29 is 9.63 Å². The molecule has 0 aliphatic carbocycles. The standard InChI is InChI=1S/C11H12N2O2/c1-13(15-2)11(14)7-9-4-3-5-10(6-9)8-12/h3-6H,7H2,1-2H3. The van der Waals surface area contributed by atoms with Crippen molar-refractivity contribution in [3.8, 4) is 6.07 Å². The Morgan fingerprint density at radius 1 is 1.60 bits per heavy atom. The number of hydrogen-bond acceptors (Lipinski definition) is 3. The minimum absolute atomic E-state index is 0.146. The predicted molar refractivity (Wildman–Crippen MR) is 54.6 cm³/mol. The lowest BCUT2D eigenvalue weighted by Crippen LogP contribution is -2.26. The minimum atomic E-state index is -0.146. The molecule has 0 saturated heterocycles. The van der Waals surface area contributed by atoms with Crippen molar-refractivity contribution in [2.75, 3.05) is 14.2 Å². The summed E-state index contributed by atoms with van der Waals surface area (Å²) in [5, 5.41) is 9.85. The summed E-state index contributed by atoms with van der Waals surface area (Å²) in [4.78, 5) is 16.2. The first-order valence-electron chi connectivity index (χ1n) is 4.47. The number of likely N-dealkylation sites (N-methyl/N-ethyl adjacent to an activating group) is 1. The van der Waals surface area contributed by atoms with E-state index in [1.807, 2.05) is 12.1 Å². The van der Waals surface area contributed by atoms with Gasteiger partial charge in [-0.3, -0.25) is 9.63 Å². The maximum absolute atomic E-state index is 11.5. The lowest BCUT2D eigenvalue weighted by atomic mass is 10.1. The summed E-state index contributed by atoms with van der Waals surface area (Å²) < 4.78 is 0. The molecular weight excluding hydrogens is 192 g/mol. The highest BCUT2D eigenvalue weighted by Crippen LogP contribution is 2.06. The molecule has 1 rings (SSSR count). The number of nitriles is 1. The number of carbonyl (C=O) groups is 1. The van der Waals surface area contributed by atoms with E-state index < -0.39 is 0 Å². The van der Waals surface area contributed by atoms with E-state index in [1.165, 1.54) is 12.2 Å². The highest BCUT2D eigenvalue weighted by Gasteiger charge is 2.08. The number of carbonyl (C=O) groups excluding carboxylic acids is 1. The van der Waals surface area contributed by atoms with Crippen molar-refractivity contribution in [1.82, 2.24) is 5.06 Å². The maximum Gasteiger partial charge on any atom is 0.250 e. The largest absolute Gasteiger partial charge is 0.275 e. The molecule has 0 N–H and O–H groups in total. The molecule has 1 aromatic carbocycles. The van der Waals surface area contributed by atoms with E-state index >= 15 is 0 Å². The first kappa shape index (κ1) is 11.2. The highest BCUT2D eigenvalue weighted by atomic mass is 16.7. The first-order valence-corrected chi connectivity index (χ1v) is 4.47. The average molecular weight is 204 g/mol. The molecule has 0 spiro atoms. The van der Waals surface area contributed by atoms with E-state index in [4.69, 9.17) is 10.1 Å². The van der Waals surface area contributed by atoms with Gasteiger partial charge < -0.3 is 0 Å². The van der Waals surface area contributed by atoms with Crippen molar-refractivity contribution in [1.29, 1.82) is 5.26 Å². The zero-order valence-electron chi connectivity index (χ0n) is 8.73. The van der Waals surface area contributed by atoms with Crippen molar-refractivity contribution in [3.05, 3.63) is 35.4 Å². The smallest absolute Gasteiger partial charge is 0.250 e. The molecule has 0 unspecified atom stereocenters. The van der Waals surface area contributed by atoms with Crippen LogP contribution in [0.5, 0.6) is 0 Å². The van der Waals surface area contributed by atoms with Crippen molar-refractivity contribution >= 4 is 5.91 Å². The SMILES string of the molecule is CON(C)C(=O)Cc1cccc(C#N)c1. The van der Waals surface area contributed by atoms with Gasteiger partial charge in [-0.1, -0.05) is 12.1 Å². The zero-order valence-corrected chi connectivity index (χ0v) is 8.73. The molecule has 1 amide bonds. The minimum Gasteiger partial charge on any atom is -0.275 e. The summed E-state index contributed by atoms with van der Waals surface area (Å²) in [5.74, 6) is -0.146. The maximum atomic E-state index is 11.5. The second kappa shape index (κ2) is 5.13. The number of rotatable bonds is 3. The van der Waals surface area contributed by atoms with Crippen LogP contribution in [-0.2, 0) is 16.1 Å². The summed E-state index contributed by atoms with van der Waals surface area (Å²) in [6.07, 6.45) is 0.236. The Morgan fingerprint density at radius 2 is 2.33 bits per heavy atom. The fourth-order valence-electron chi connectivity index (χ4n) is 1.14. The molecule has 0 bridgehead atoms. The lowest BCUT2D eigenvalue weighted by molar-refractivity contribution is -0.167. The molecule has 0 heterocycles. The van der Waals surface area contributed by atoms with Gasteiger partial charge in [0.05, 0.1) is 25.2 Å². The van der Waals surface area contributed by atoms with Gasteiger partial charge in [0.2, 0.25) is 5.91 Å². The molecule has 4 heteroatoms. The van der Waals surface area contributed by atoms with Crippen LogP contribution < -0.4 is 0 Å². The van der Waals surface area contributed by atoms with Crippen LogP contribution in [0, 0.1) is 11.3 Å². The molecular formula is C11H12N2O2. The number of hydroxylamine groups is 2. The van der Waals surface area contributed by atoms with Gasteiger partial charge in [-0.05, 0) is 17.7 Å². The van der Waals surface area contributed by atoms with E-state index in [1.54, 1.807) is 25.2 Å². The Labute approximate surface area is 88.6 Å². The molecule has 4 nitrogen and oxygen atoms in total. The fourth-order valence-corrected chi connectivity index (χ4v) is 1.14. The van der Waals surface area contributed by atoms with Gasteiger partial charge in [0.15, 0.2) is 0 Å². The summed E-state index contributed by atoms with van der Waals surface area (Å²) in [6.45, 7) is 0. The summed E-state index contributed by atoms with van der Waals surface area (Å²) in [5.41, 5.74) is 1.36. The fraction of sp³-hybridized carbons (Fsp3) is 0.273. The van der Waals surface area contributed by atoms with Crippen molar-refractivity contribution in [3.63, 3.8) is 0 Å². The average Bonchev–Trinajstić information content (AvgIpc) is 2.28. The molecule has 15 heavy (non-hydrogen) atoms. The molecule has 0 aromatic heterocycles. The monoisotopic (exact) mass is 204 g/mol. The van der Waals surface area contributed by atoms with Crippen LogP contribution in [-0.4, -0.2) is 25.1 Å². The highest BCUT2D eigenvalue weighted by molar-refractivity contribution is 5.77. The van der Waals surface area contributed by atoms with Crippen LogP contribution >= 0.6 is 0 Å². The van der Waals surface area contributed by atoms with Gasteiger partial charge in [0.1, 0.15) is 0 Å². The van der Waals surface area contributed by atoms with E-state index in [0.29, 0.717) is 5.56 Å². The number of benzene rings is 1. The normalized spacial score (nSPS) is 9.40. The summed E-state index contributed by atoms with van der Waals surface area (Å²) >= 11 is 0. The molecule has 0 radical (unpaired) electrons. The first-order chi connectivity index (χ1) is 7.17. The summed E-state index contributed by atoms with van der Waals surface area (Å²) in [6, 6.07) is 8.99. The van der Waals surface area contributed by atoms with Crippen LogP contribution in [0.15, 0.2) is 24.3 Å². The van der Waals surface area contributed by atoms with Crippen LogP contribution in [0.1, 0.15) is 11.1 Å². The van der Waals surface area contributed by atoms with Crippen LogP contribution in [0.4, 0.5) is 0 Å². The Bertz CT molecular complexity index is 396. The van der Waals surface area contributed by atoms with Gasteiger partial charge in [0.25, 0.3) is 0 Å². The zero-order chi connectivity index (χ0) is 11.3. The molecule has 0 aliphatic heterocycles. The van der Waals surface area contributed by atoms with Gasteiger partial charge in [-0.15, -0.1) is 0 Å². The number of hydrogen-bond donors (Lipinski definition) is 0. The Balaban J connectivity index is 2.73. The van der Waals surface area contributed by atoms with Gasteiger partial charge >= 0.3 is 0 Å². The number of nitrogens with zero attached hydrogens (tertiary/aromatic N) is 2. The molecule has 0 aliphatic rings. The lowest BCUT2D eigenvalue weighted by Gasteiger charge is -2.13. The second-order valence-corrected chi connectivity index (χ2v) is 3.06. The molecule has 78 valence electrons. The molecule has 1 aromatic rings. The Morgan fingerprint density at radius 3 is 2.93 bits per heavy atom. The van der Waals surface area contributed by atoms with E-state index in [-0.39, 0.29) is 12.3 Å². The Kier molecular flexibility index (Phi) is 3.83. The van der Waals surface area contributed by atoms with E-state index in [2.05, 4.69) is 0 Å². The number of amides is 1. The molecule has 0 atom stereocenters. The second-order valence-electron chi connectivity index (χ2n) is 3.06. The van der Waals surface area contributed by atoms with Gasteiger partial charge in [0, 0.05) is 7.05 Å². The van der Waals surface area contributed by atoms with Crippen LogP contribution in [0.2, 0.25) is 0 Å². The van der Waals surface area contributed by atoms with Crippen LogP contribution in [0.3, 0.4) is 0 Å². The third-order valence-corrected chi connectivity index (χ3v) is 2.04. The molecule has 0 saturated carbocycles. The van der Waals surface area contributed by atoms with E-state index in [9.17, 15) is 4.79 Å². The third kappa shape index (κ3) is 3.08. The summed E-state index contributed by atoms with van der Waals surface area (Å²) in [7, 11) is 2.99. The van der Waals surface area contributed by atoms with E-state index in [0.717, 1.165) is 5.56 Å². The third-order valence-electron chi connectivity index (χ3n) is 2.04. The Hall–Kier alpha value is -1.86. The van der Waals surface area contributed by atoms with Gasteiger partial charge in [-0.2, -0.15) is 5.26 Å². The van der Waals surface area contributed by atoms with Crippen LogP contribution in [0.25, 0.3) is 0 Å². The van der Waals surface area contributed by atoms with Crippen molar-refractivity contribution in [2.24, 2.45) is 0 Å². The quantitative estimate of drug-likeness (QED) is 0.693. The van der Waals surface area contributed by atoms with Gasteiger partial charge in [-0.25, -0.2) is 5.06 Å².